The van der Waals surface area contributed by atoms with Gasteiger partial charge in [-0.15, -0.1) is 0 Å². The first-order valence-electron chi connectivity index (χ1n) is 13.5. The summed E-state index contributed by atoms with van der Waals surface area (Å²) >= 11 is 3.40. The van der Waals surface area contributed by atoms with Crippen molar-refractivity contribution in [2.24, 2.45) is 0 Å². The van der Waals surface area contributed by atoms with E-state index >= 15 is 0 Å². The molecule has 1 atom stereocenters. The van der Waals surface area contributed by atoms with Crippen LogP contribution in [0.2, 0.25) is 0 Å². The Hall–Kier alpha value is -3.95. The van der Waals surface area contributed by atoms with Gasteiger partial charge in [0.05, 0.1) is 10.6 Å². The first kappa shape index (κ1) is 31.0. The van der Waals surface area contributed by atoms with E-state index < -0.39 is 28.5 Å². The second-order valence-electron chi connectivity index (χ2n) is 10.1. The summed E-state index contributed by atoms with van der Waals surface area (Å²) in [7, 11) is -2.60. The number of hydrogen-bond acceptors (Lipinski definition) is 4. The van der Waals surface area contributed by atoms with Crippen molar-refractivity contribution in [3.63, 3.8) is 0 Å². The number of amides is 2. The molecule has 7 nitrogen and oxygen atoms in total. The van der Waals surface area contributed by atoms with Crippen molar-refractivity contribution in [2.75, 3.05) is 17.9 Å². The molecule has 0 spiro atoms. The van der Waals surface area contributed by atoms with E-state index in [4.69, 9.17) is 0 Å². The normalized spacial score (nSPS) is 11.9. The quantitative estimate of drug-likeness (QED) is 0.228. The largest absolute Gasteiger partial charge is 0.357 e. The number of hydrogen-bond donors (Lipinski definition) is 1. The third-order valence-corrected chi connectivity index (χ3v) is 9.27. The monoisotopic (exact) mass is 647 g/mol. The zero-order valence-corrected chi connectivity index (χ0v) is 26.2. The van der Waals surface area contributed by atoms with E-state index in [2.05, 4.69) is 21.2 Å². The molecule has 0 radical (unpaired) electrons. The second-order valence-corrected chi connectivity index (χ2v) is 12.9. The highest BCUT2D eigenvalue weighted by molar-refractivity contribution is 9.10. The average molecular weight is 649 g/mol. The summed E-state index contributed by atoms with van der Waals surface area (Å²) in [6.07, 6.45) is 0.265. The fourth-order valence-corrected chi connectivity index (χ4v) is 6.38. The number of nitrogens with one attached hydrogen (secondary N) is 1. The predicted octanol–water partition coefficient (Wildman–Crippen LogP) is 5.65. The summed E-state index contributed by atoms with van der Waals surface area (Å²) in [5.74, 6) is -0.837. The first-order chi connectivity index (χ1) is 20.1. The third-order valence-electron chi connectivity index (χ3n) is 6.96. The summed E-state index contributed by atoms with van der Waals surface area (Å²) < 4.78 is 29.9. The molecule has 0 aliphatic carbocycles. The van der Waals surface area contributed by atoms with Gasteiger partial charge in [-0.3, -0.25) is 13.9 Å². The molecule has 4 aromatic rings. The van der Waals surface area contributed by atoms with E-state index in [1.54, 1.807) is 36.4 Å². The van der Waals surface area contributed by atoms with Crippen LogP contribution in [0.3, 0.4) is 0 Å². The summed E-state index contributed by atoms with van der Waals surface area (Å²) in [5, 5.41) is 2.70. The predicted molar refractivity (Wildman–Crippen MR) is 170 cm³/mol. The molecule has 4 aromatic carbocycles. The number of rotatable bonds is 11. The molecule has 0 aliphatic heterocycles. The van der Waals surface area contributed by atoms with Crippen LogP contribution in [0.4, 0.5) is 5.69 Å². The SMILES string of the molecule is CNC(=O)[C@@H](Cc1ccccc1)N(Cc1cccc(C)c1)C(=O)CN(c1ccc(Br)cc1)S(=O)(=O)c1ccc(C)cc1. The van der Waals surface area contributed by atoms with Gasteiger partial charge in [0, 0.05) is 24.5 Å². The summed E-state index contributed by atoms with van der Waals surface area (Å²) in [6, 6.07) is 29.6. The van der Waals surface area contributed by atoms with Gasteiger partial charge in [-0.05, 0) is 61.4 Å². The van der Waals surface area contributed by atoms with E-state index in [0.29, 0.717) is 5.69 Å². The van der Waals surface area contributed by atoms with Crippen molar-refractivity contribution in [3.8, 4) is 0 Å². The Morgan fingerprint density at radius 2 is 1.45 bits per heavy atom. The lowest BCUT2D eigenvalue weighted by atomic mass is 10.0. The Morgan fingerprint density at radius 3 is 2.07 bits per heavy atom. The summed E-state index contributed by atoms with van der Waals surface area (Å²) in [5.41, 5.74) is 3.98. The maximum Gasteiger partial charge on any atom is 0.264 e. The molecule has 0 unspecified atom stereocenters. The van der Waals surface area contributed by atoms with Gasteiger partial charge in [-0.2, -0.15) is 0 Å². The first-order valence-corrected chi connectivity index (χ1v) is 15.8. The Labute approximate surface area is 256 Å². The number of halogens is 1. The molecule has 9 heteroatoms. The van der Waals surface area contributed by atoms with E-state index in [0.717, 1.165) is 31.0 Å². The number of aryl methyl sites for hydroxylation is 2. The Balaban J connectivity index is 1.78. The minimum absolute atomic E-state index is 0.0705. The maximum absolute atomic E-state index is 14.3. The van der Waals surface area contributed by atoms with Gasteiger partial charge in [-0.25, -0.2) is 8.42 Å². The molecule has 0 heterocycles. The lowest BCUT2D eigenvalue weighted by Gasteiger charge is -2.33. The minimum atomic E-state index is -4.13. The fourth-order valence-electron chi connectivity index (χ4n) is 4.70. The maximum atomic E-state index is 14.3. The van der Waals surface area contributed by atoms with Crippen LogP contribution in [-0.4, -0.2) is 44.8 Å². The molecule has 42 heavy (non-hydrogen) atoms. The van der Waals surface area contributed by atoms with Crippen molar-refractivity contribution < 1.29 is 18.0 Å². The molecular weight excluding hydrogens is 614 g/mol. The van der Waals surface area contributed by atoms with Crippen LogP contribution in [0.15, 0.2) is 112 Å². The molecule has 0 aliphatic rings. The number of likely N-dealkylation sites (N-methyl/N-ethyl adjacent to an activating group) is 1. The molecular formula is C33H34BrN3O4S. The van der Waals surface area contributed by atoms with Crippen LogP contribution in [0.1, 0.15) is 22.3 Å². The van der Waals surface area contributed by atoms with Gasteiger partial charge < -0.3 is 10.2 Å². The van der Waals surface area contributed by atoms with Gasteiger partial charge in [0.15, 0.2) is 0 Å². The zero-order valence-electron chi connectivity index (χ0n) is 23.8. The van der Waals surface area contributed by atoms with Gasteiger partial charge in [0.1, 0.15) is 12.6 Å². The Bertz CT molecular complexity index is 1630. The van der Waals surface area contributed by atoms with Crippen LogP contribution in [0.25, 0.3) is 0 Å². The van der Waals surface area contributed by atoms with Crippen LogP contribution in [0, 0.1) is 13.8 Å². The lowest BCUT2D eigenvalue weighted by Crippen LogP contribution is -2.53. The van der Waals surface area contributed by atoms with Crippen LogP contribution >= 0.6 is 15.9 Å². The number of anilines is 1. The standard InChI is InChI=1S/C33H34BrN3O4S/c1-24-12-18-30(19-13-24)42(40,41)37(29-16-14-28(34)15-17-29)23-32(38)36(22-27-11-7-8-25(2)20-27)31(33(39)35-3)21-26-9-5-4-6-10-26/h4-20,31H,21-23H2,1-3H3,(H,35,39)/t31-/m1/s1. The Morgan fingerprint density at radius 1 is 0.810 bits per heavy atom. The highest BCUT2D eigenvalue weighted by Gasteiger charge is 2.34. The highest BCUT2D eigenvalue weighted by Crippen LogP contribution is 2.27. The van der Waals surface area contributed by atoms with Crippen molar-refractivity contribution in [1.29, 1.82) is 0 Å². The van der Waals surface area contributed by atoms with Crippen LogP contribution in [0.5, 0.6) is 0 Å². The molecule has 0 bridgehead atoms. The van der Waals surface area contributed by atoms with Crippen LogP contribution in [-0.2, 0) is 32.6 Å². The smallest absolute Gasteiger partial charge is 0.264 e. The number of carbonyl (C=O) groups excluding carboxylic acids is 2. The number of nitrogens with zero attached hydrogens (tertiary/aromatic N) is 2. The third kappa shape index (κ3) is 7.66. The molecule has 0 aromatic heterocycles. The molecule has 218 valence electrons. The van der Waals surface area contributed by atoms with E-state index in [9.17, 15) is 18.0 Å². The average Bonchev–Trinajstić information content (AvgIpc) is 2.98. The lowest BCUT2D eigenvalue weighted by molar-refractivity contribution is -0.139. The topological polar surface area (TPSA) is 86.8 Å². The molecule has 0 fully saturated rings. The van der Waals surface area contributed by atoms with E-state index in [-0.39, 0.29) is 23.8 Å². The molecule has 0 saturated carbocycles. The summed E-state index contributed by atoms with van der Waals surface area (Å²) in [4.78, 5) is 29.2. The van der Waals surface area contributed by atoms with Gasteiger partial charge in [0.2, 0.25) is 11.8 Å². The highest BCUT2D eigenvalue weighted by atomic mass is 79.9. The summed E-state index contributed by atoms with van der Waals surface area (Å²) in [6.45, 7) is 3.47. The van der Waals surface area contributed by atoms with Gasteiger partial charge in [-0.1, -0.05) is 93.8 Å². The fraction of sp³-hybridized carbons (Fsp3) is 0.212. The zero-order chi connectivity index (χ0) is 30.3. The Kier molecular flexibility index (Phi) is 10.2. The van der Waals surface area contributed by atoms with Crippen LogP contribution < -0.4 is 9.62 Å². The van der Waals surface area contributed by atoms with Gasteiger partial charge >= 0.3 is 0 Å². The van der Waals surface area contributed by atoms with Crippen molar-refractivity contribution in [2.45, 2.75) is 37.8 Å². The van der Waals surface area contributed by atoms with Gasteiger partial charge in [0.25, 0.3) is 10.0 Å². The molecule has 4 rings (SSSR count). The number of carbonyl (C=O) groups is 2. The molecule has 1 N–H and O–H groups in total. The van der Waals surface area contributed by atoms with E-state index in [1.807, 2.05) is 68.4 Å². The number of sulfonamides is 1. The minimum Gasteiger partial charge on any atom is -0.357 e. The van der Waals surface area contributed by atoms with Crippen molar-refractivity contribution in [1.82, 2.24) is 10.2 Å². The number of benzene rings is 4. The van der Waals surface area contributed by atoms with Crippen molar-refractivity contribution >= 4 is 43.5 Å². The second kappa shape index (κ2) is 13.8. The molecule has 0 saturated heterocycles. The molecule has 2 amide bonds. The van der Waals surface area contributed by atoms with Crippen molar-refractivity contribution in [3.05, 3.63) is 130 Å². The van der Waals surface area contributed by atoms with E-state index in [1.165, 1.54) is 24.1 Å².